The van der Waals surface area contributed by atoms with Crippen molar-refractivity contribution in [3.05, 3.63) is 52.2 Å². The Hall–Kier alpha value is -2.51. The van der Waals surface area contributed by atoms with Gasteiger partial charge >= 0.3 is 5.97 Å². The van der Waals surface area contributed by atoms with Crippen LogP contribution in [0, 0.1) is 0 Å². The highest BCUT2D eigenvalue weighted by molar-refractivity contribution is 7.09. The Balaban J connectivity index is 1.70. The first-order valence-corrected chi connectivity index (χ1v) is 8.29. The van der Waals surface area contributed by atoms with Crippen LogP contribution in [0.5, 0.6) is 0 Å². The molecule has 6 nitrogen and oxygen atoms in total. The van der Waals surface area contributed by atoms with Gasteiger partial charge in [0.25, 0.3) is 5.91 Å². The zero-order chi connectivity index (χ0) is 17.1. The van der Waals surface area contributed by atoms with Crippen LogP contribution in [0.2, 0.25) is 0 Å². The maximum atomic E-state index is 12.5. The molecule has 1 aromatic heterocycles. The zero-order valence-corrected chi connectivity index (χ0v) is 13.8. The van der Waals surface area contributed by atoms with Crippen molar-refractivity contribution in [1.82, 2.24) is 5.32 Å². The molecule has 1 fully saturated rings. The van der Waals surface area contributed by atoms with E-state index in [0.29, 0.717) is 17.8 Å². The summed E-state index contributed by atoms with van der Waals surface area (Å²) in [5, 5.41) is 5.09. The molecule has 1 aromatic carbocycles. The van der Waals surface area contributed by atoms with Gasteiger partial charge in [-0.25, -0.2) is 9.69 Å². The number of hydrogen-bond donors (Lipinski definition) is 1. The zero-order valence-electron chi connectivity index (χ0n) is 13.0. The fourth-order valence-corrected chi connectivity index (χ4v) is 3.22. The molecular weight excluding hydrogens is 328 g/mol. The first-order chi connectivity index (χ1) is 11.6. The van der Waals surface area contributed by atoms with E-state index >= 15 is 0 Å². The number of nitrogens with zero attached hydrogens (tertiary/aromatic N) is 1. The largest absolute Gasteiger partial charge is 0.465 e. The molecular formula is C17H16N2O4S. The molecule has 0 spiro atoms. The maximum absolute atomic E-state index is 12.5. The molecule has 1 aliphatic heterocycles. The minimum absolute atomic E-state index is 0.128. The summed E-state index contributed by atoms with van der Waals surface area (Å²) in [6.45, 7) is 0.552. The molecule has 0 radical (unpaired) electrons. The van der Waals surface area contributed by atoms with Gasteiger partial charge in [0.2, 0.25) is 5.91 Å². The second-order valence-corrected chi connectivity index (χ2v) is 6.36. The monoisotopic (exact) mass is 344 g/mol. The van der Waals surface area contributed by atoms with Crippen molar-refractivity contribution < 1.29 is 19.1 Å². The van der Waals surface area contributed by atoms with Crippen LogP contribution in [0.3, 0.4) is 0 Å². The number of hydrogen-bond acceptors (Lipinski definition) is 6. The minimum Gasteiger partial charge on any atom is -0.465 e. The van der Waals surface area contributed by atoms with Crippen molar-refractivity contribution in [1.29, 1.82) is 0 Å². The predicted molar refractivity (Wildman–Crippen MR) is 89.8 cm³/mol. The normalized spacial score (nSPS) is 17.4. The number of anilines is 1. The Morgan fingerprint density at radius 3 is 2.67 bits per heavy atom. The standard InChI is InChI=1S/C17H16N2O4S/c1-23-17(22)11-4-6-12(7-5-11)19-15(20)9-14(16(19)21)18-10-13-3-2-8-24-13/h2-8,14,18H,9-10H2,1H3/t14-/m1/s1. The van der Waals surface area contributed by atoms with E-state index in [-0.39, 0.29) is 18.2 Å². The molecule has 2 aromatic rings. The number of carbonyl (C=O) groups is 3. The van der Waals surface area contributed by atoms with E-state index in [4.69, 9.17) is 0 Å². The van der Waals surface area contributed by atoms with Crippen molar-refractivity contribution in [2.24, 2.45) is 0 Å². The van der Waals surface area contributed by atoms with Crippen LogP contribution in [-0.2, 0) is 20.9 Å². The predicted octanol–water partition coefficient (Wildman–Crippen LogP) is 1.96. The van der Waals surface area contributed by atoms with E-state index in [1.807, 2.05) is 17.5 Å². The Bertz CT molecular complexity index is 755. The third-order valence-corrected chi connectivity index (χ3v) is 4.67. The number of imide groups is 1. The lowest BCUT2D eigenvalue weighted by atomic mass is 10.2. The lowest BCUT2D eigenvalue weighted by molar-refractivity contribution is -0.121. The number of esters is 1. The number of ether oxygens (including phenoxy) is 1. The van der Waals surface area contributed by atoms with E-state index in [9.17, 15) is 14.4 Å². The summed E-state index contributed by atoms with van der Waals surface area (Å²) in [6.07, 6.45) is 0.128. The molecule has 2 heterocycles. The van der Waals surface area contributed by atoms with Gasteiger partial charge in [0.1, 0.15) is 0 Å². The Morgan fingerprint density at radius 2 is 2.04 bits per heavy atom. The van der Waals surface area contributed by atoms with Gasteiger partial charge in [0.15, 0.2) is 0 Å². The number of rotatable bonds is 5. The van der Waals surface area contributed by atoms with Gasteiger partial charge in [-0.2, -0.15) is 0 Å². The summed E-state index contributed by atoms with van der Waals surface area (Å²) < 4.78 is 4.63. The Labute approximate surface area is 143 Å². The highest BCUT2D eigenvalue weighted by Crippen LogP contribution is 2.24. The summed E-state index contributed by atoms with van der Waals surface area (Å²) >= 11 is 1.60. The van der Waals surface area contributed by atoms with Crippen LogP contribution in [0.15, 0.2) is 41.8 Å². The van der Waals surface area contributed by atoms with Gasteiger partial charge in [-0.3, -0.25) is 9.59 Å². The molecule has 2 amide bonds. The van der Waals surface area contributed by atoms with Crippen LogP contribution in [-0.4, -0.2) is 30.9 Å². The highest BCUT2D eigenvalue weighted by atomic mass is 32.1. The second kappa shape index (κ2) is 6.94. The van der Waals surface area contributed by atoms with Crippen LogP contribution < -0.4 is 10.2 Å². The smallest absolute Gasteiger partial charge is 0.337 e. The van der Waals surface area contributed by atoms with Crippen LogP contribution in [0.1, 0.15) is 21.7 Å². The topological polar surface area (TPSA) is 75.7 Å². The summed E-state index contributed by atoms with van der Waals surface area (Å²) in [5.74, 6) is -0.993. The average molecular weight is 344 g/mol. The Kier molecular flexibility index (Phi) is 4.73. The molecule has 0 aliphatic carbocycles. The average Bonchev–Trinajstić information content (AvgIpc) is 3.20. The summed E-state index contributed by atoms with van der Waals surface area (Å²) in [6, 6.07) is 9.61. The number of benzene rings is 1. The highest BCUT2D eigenvalue weighted by Gasteiger charge is 2.39. The third-order valence-electron chi connectivity index (χ3n) is 3.80. The summed E-state index contributed by atoms with van der Waals surface area (Å²) in [5.41, 5.74) is 0.825. The quantitative estimate of drug-likeness (QED) is 0.663. The summed E-state index contributed by atoms with van der Waals surface area (Å²) in [7, 11) is 1.30. The maximum Gasteiger partial charge on any atom is 0.337 e. The minimum atomic E-state index is -0.528. The molecule has 1 atom stereocenters. The van der Waals surface area contributed by atoms with Crippen molar-refractivity contribution in [3.63, 3.8) is 0 Å². The van der Waals surface area contributed by atoms with E-state index in [1.165, 1.54) is 19.2 Å². The van der Waals surface area contributed by atoms with Crippen molar-refractivity contribution >= 4 is 34.8 Å². The van der Waals surface area contributed by atoms with Crippen LogP contribution >= 0.6 is 11.3 Å². The fraction of sp³-hybridized carbons (Fsp3) is 0.235. The SMILES string of the molecule is COC(=O)c1ccc(N2C(=O)C[C@@H](NCc3cccs3)C2=O)cc1. The van der Waals surface area contributed by atoms with Crippen molar-refractivity contribution in [2.45, 2.75) is 19.0 Å². The molecule has 24 heavy (non-hydrogen) atoms. The molecule has 0 bridgehead atoms. The fourth-order valence-electron chi connectivity index (χ4n) is 2.56. The number of methoxy groups -OCH3 is 1. The van der Waals surface area contributed by atoms with Gasteiger partial charge in [-0.15, -0.1) is 11.3 Å². The molecule has 7 heteroatoms. The third kappa shape index (κ3) is 3.22. The summed E-state index contributed by atoms with van der Waals surface area (Å²) in [4.78, 5) is 38.4. The van der Waals surface area contributed by atoms with E-state index in [1.54, 1.807) is 23.5 Å². The lowest BCUT2D eigenvalue weighted by Gasteiger charge is -2.15. The van der Waals surface area contributed by atoms with Gasteiger partial charge in [-0.05, 0) is 35.7 Å². The first-order valence-electron chi connectivity index (χ1n) is 7.41. The number of thiophene rings is 1. The van der Waals surface area contributed by atoms with Gasteiger partial charge < -0.3 is 10.1 Å². The van der Waals surface area contributed by atoms with Crippen molar-refractivity contribution in [3.8, 4) is 0 Å². The molecule has 1 saturated heterocycles. The number of carbonyl (C=O) groups excluding carboxylic acids is 3. The number of amides is 2. The van der Waals surface area contributed by atoms with Gasteiger partial charge in [0.05, 0.1) is 30.8 Å². The molecule has 0 saturated carbocycles. The molecule has 0 unspecified atom stereocenters. The van der Waals surface area contributed by atoms with Crippen LogP contribution in [0.4, 0.5) is 5.69 Å². The van der Waals surface area contributed by atoms with E-state index in [2.05, 4.69) is 10.1 Å². The molecule has 1 aliphatic rings. The van der Waals surface area contributed by atoms with E-state index in [0.717, 1.165) is 9.78 Å². The van der Waals surface area contributed by atoms with E-state index < -0.39 is 12.0 Å². The van der Waals surface area contributed by atoms with Gasteiger partial charge in [0, 0.05) is 11.4 Å². The lowest BCUT2D eigenvalue weighted by Crippen LogP contribution is -2.38. The Morgan fingerprint density at radius 1 is 1.29 bits per heavy atom. The first kappa shape index (κ1) is 16.4. The molecule has 3 rings (SSSR count). The van der Waals surface area contributed by atoms with Crippen molar-refractivity contribution in [2.75, 3.05) is 12.0 Å². The second-order valence-electron chi connectivity index (χ2n) is 5.32. The molecule has 1 N–H and O–H groups in total. The molecule has 124 valence electrons. The van der Waals surface area contributed by atoms with Gasteiger partial charge in [-0.1, -0.05) is 6.07 Å². The number of nitrogens with one attached hydrogen (secondary N) is 1. The van der Waals surface area contributed by atoms with Crippen LogP contribution in [0.25, 0.3) is 0 Å².